The van der Waals surface area contributed by atoms with Gasteiger partial charge in [-0.05, 0) is 6.07 Å². The van der Waals surface area contributed by atoms with Crippen LogP contribution in [-0.4, -0.2) is 43.5 Å². The van der Waals surface area contributed by atoms with E-state index in [1.54, 1.807) is 0 Å². The number of carboxylic acids is 2. The zero-order valence-electron chi connectivity index (χ0n) is 8.65. The van der Waals surface area contributed by atoms with Crippen LogP contribution in [-0.2, 0) is 4.79 Å². The van der Waals surface area contributed by atoms with Crippen molar-refractivity contribution in [2.24, 2.45) is 0 Å². The summed E-state index contributed by atoms with van der Waals surface area (Å²) in [5.74, 6) is -2.45. The number of rotatable bonds is 5. The molecule has 2 unspecified atom stereocenters. The maximum Gasteiger partial charge on any atom is 0.354 e. The van der Waals surface area contributed by atoms with E-state index in [9.17, 15) is 19.8 Å². The highest BCUT2D eigenvalue weighted by Gasteiger charge is 2.21. The summed E-state index contributed by atoms with van der Waals surface area (Å²) in [6.45, 7) is 0. The average Bonchev–Trinajstić information content (AvgIpc) is 2.27. The molecule has 0 bridgehead atoms. The molecule has 2 atom stereocenters. The third-order valence-electron chi connectivity index (χ3n) is 2.10. The molecule has 0 aliphatic rings. The zero-order valence-corrected chi connectivity index (χ0v) is 8.65. The summed E-state index contributed by atoms with van der Waals surface area (Å²) >= 11 is 0. The van der Waals surface area contributed by atoms with Gasteiger partial charge < -0.3 is 20.4 Å². The van der Waals surface area contributed by atoms with Gasteiger partial charge in [0.2, 0.25) is 0 Å². The van der Waals surface area contributed by atoms with Crippen LogP contribution in [0.2, 0.25) is 0 Å². The Morgan fingerprint density at radius 1 is 1.24 bits per heavy atom. The Balaban J connectivity index is 2.78. The molecule has 1 aromatic rings. The third kappa shape index (κ3) is 3.51. The molecular weight excluding hydrogens is 230 g/mol. The first-order chi connectivity index (χ1) is 7.91. The number of hydrogen-bond donors (Lipinski definition) is 4. The fourth-order valence-corrected chi connectivity index (χ4v) is 1.22. The van der Waals surface area contributed by atoms with Gasteiger partial charge in [-0.3, -0.25) is 4.79 Å². The SMILES string of the molecule is O=C(O)CC(O)C(O)c1ccc(C(=O)O)nc1. The fourth-order valence-electron chi connectivity index (χ4n) is 1.22. The van der Waals surface area contributed by atoms with Gasteiger partial charge in [-0.1, -0.05) is 6.07 Å². The smallest absolute Gasteiger partial charge is 0.354 e. The Kier molecular flexibility index (Phi) is 4.13. The highest BCUT2D eigenvalue weighted by Crippen LogP contribution is 2.18. The Morgan fingerprint density at radius 3 is 2.29 bits per heavy atom. The van der Waals surface area contributed by atoms with Gasteiger partial charge in [0.05, 0.1) is 12.5 Å². The fraction of sp³-hybridized carbons (Fsp3) is 0.300. The number of aromatic carboxylic acids is 1. The summed E-state index contributed by atoms with van der Waals surface area (Å²) < 4.78 is 0. The maximum atomic E-state index is 10.5. The lowest BCUT2D eigenvalue weighted by Crippen LogP contribution is -2.22. The van der Waals surface area contributed by atoms with E-state index in [1.807, 2.05) is 0 Å². The summed E-state index contributed by atoms with van der Waals surface area (Å²) in [4.78, 5) is 24.4. The molecule has 0 saturated heterocycles. The quantitative estimate of drug-likeness (QED) is 0.554. The molecule has 0 spiro atoms. The van der Waals surface area contributed by atoms with Gasteiger partial charge in [-0.25, -0.2) is 9.78 Å². The largest absolute Gasteiger partial charge is 0.481 e. The molecule has 0 fully saturated rings. The predicted octanol–water partition coefficient (Wildman–Crippen LogP) is -0.351. The molecule has 0 aliphatic heterocycles. The summed E-state index contributed by atoms with van der Waals surface area (Å²) in [7, 11) is 0. The second-order valence-corrected chi connectivity index (χ2v) is 3.39. The zero-order chi connectivity index (χ0) is 13.0. The predicted molar refractivity (Wildman–Crippen MR) is 54.4 cm³/mol. The van der Waals surface area contributed by atoms with Gasteiger partial charge >= 0.3 is 11.9 Å². The van der Waals surface area contributed by atoms with Gasteiger partial charge in [0.1, 0.15) is 11.8 Å². The number of carboxylic acid groups (broad SMARTS) is 2. The highest BCUT2D eigenvalue weighted by molar-refractivity contribution is 5.85. The van der Waals surface area contributed by atoms with Crippen LogP contribution in [0.15, 0.2) is 18.3 Å². The normalized spacial score (nSPS) is 14.0. The molecule has 0 aromatic carbocycles. The number of carbonyl (C=O) groups is 2. The Labute approximate surface area is 96.0 Å². The Hall–Kier alpha value is -1.99. The van der Waals surface area contributed by atoms with Crippen LogP contribution in [0.5, 0.6) is 0 Å². The molecule has 4 N–H and O–H groups in total. The molecule has 7 heteroatoms. The molecule has 1 heterocycles. The molecule has 0 saturated carbocycles. The van der Waals surface area contributed by atoms with Gasteiger partial charge in [0.25, 0.3) is 0 Å². The van der Waals surface area contributed by atoms with E-state index in [1.165, 1.54) is 6.07 Å². The van der Waals surface area contributed by atoms with Crippen molar-refractivity contribution in [2.45, 2.75) is 18.6 Å². The van der Waals surface area contributed by atoms with Crippen LogP contribution in [0.1, 0.15) is 28.6 Å². The Morgan fingerprint density at radius 2 is 1.88 bits per heavy atom. The first kappa shape index (κ1) is 13.1. The standard InChI is InChI=1S/C10H11NO6/c12-7(3-8(13)14)9(15)5-1-2-6(10(16)17)11-4-5/h1-2,4,7,9,12,15H,3H2,(H,13,14)(H,16,17). The highest BCUT2D eigenvalue weighted by atomic mass is 16.4. The van der Waals surface area contributed by atoms with E-state index in [2.05, 4.69) is 4.98 Å². The van der Waals surface area contributed by atoms with Crippen LogP contribution in [0.25, 0.3) is 0 Å². The topological polar surface area (TPSA) is 128 Å². The molecular formula is C10H11NO6. The van der Waals surface area contributed by atoms with Crippen molar-refractivity contribution in [2.75, 3.05) is 0 Å². The first-order valence-corrected chi connectivity index (χ1v) is 4.69. The number of pyridine rings is 1. The van der Waals surface area contributed by atoms with Crippen molar-refractivity contribution in [3.63, 3.8) is 0 Å². The van der Waals surface area contributed by atoms with Crippen molar-refractivity contribution >= 4 is 11.9 Å². The van der Waals surface area contributed by atoms with Crippen LogP contribution in [0, 0.1) is 0 Å². The van der Waals surface area contributed by atoms with Crippen molar-refractivity contribution in [1.29, 1.82) is 0 Å². The number of aliphatic hydroxyl groups excluding tert-OH is 2. The van der Waals surface area contributed by atoms with E-state index >= 15 is 0 Å². The second-order valence-electron chi connectivity index (χ2n) is 3.39. The van der Waals surface area contributed by atoms with Crippen LogP contribution < -0.4 is 0 Å². The van der Waals surface area contributed by atoms with E-state index < -0.39 is 30.6 Å². The molecule has 1 rings (SSSR count). The third-order valence-corrected chi connectivity index (χ3v) is 2.10. The lowest BCUT2D eigenvalue weighted by atomic mass is 10.0. The molecule has 1 aromatic heterocycles. The van der Waals surface area contributed by atoms with Crippen molar-refractivity contribution in [1.82, 2.24) is 4.98 Å². The number of nitrogens with zero attached hydrogens (tertiary/aromatic N) is 1. The van der Waals surface area contributed by atoms with Crippen LogP contribution in [0.4, 0.5) is 0 Å². The summed E-state index contributed by atoms with van der Waals surface area (Å²) in [5.41, 5.74) is -0.0441. The summed E-state index contributed by atoms with van der Waals surface area (Å²) in [6.07, 6.45) is -2.41. The van der Waals surface area contributed by atoms with E-state index in [-0.39, 0.29) is 11.3 Å². The van der Waals surface area contributed by atoms with Gasteiger partial charge in [-0.2, -0.15) is 0 Å². The van der Waals surface area contributed by atoms with Crippen molar-refractivity contribution in [3.05, 3.63) is 29.6 Å². The number of hydrogen-bond acceptors (Lipinski definition) is 5. The van der Waals surface area contributed by atoms with E-state index in [0.717, 1.165) is 12.3 Å². The molecule has 0 aliphatic carbocycles. The van der Waals surface area contributed by atoms with E-state index in [0.29, 0.717) is 0 Å². The minimum atomic E-state index is -1.47. The van der Waals surface area contributed by atoms with Crippen LogP contribution in [0.3, 0.4) is 0 Å². The van der Waals surface area contributed by atoms with E-state index in [4.69, 9.17) is 10.2 Å². The lowest BCUT2D eigenvalue weighted by molar-refractivity contribution is -0.141. The number of aliphatic carboxylic acids is 1. The molecule has 0 amide bonds. The minimum absolute atomic E-state index is 0.156. The van der Waals surface area contributed by atoms with Crippen molar-refractivity contribution in [3.8, 4) is 0 Å². The lowest BCUT2D eigenvalue weighted by Gasteiger charge is -2.15. The Bertz CT molecular complexity index is 415. The molecule has 92 valence electrons. The van der Waals surface area contributed by atoms with Gasteiger partial charge in [0, 0.05) is 11.8 Å². The maximum absolute atomic E-state index is 10.5. The summed E-state index contributed by atoms with van der Waals surface area (Å²) in [6, 6.07) is 2.43. The second kappa shape index (κ2) is 5.37. The number of aliphatic hydroxyl groups is 2. The molecule has 0 radical (unpaired) electrons. The summed E-state index contributed by atoms with van der Waals surface area (Å²) in [5, 5.41) is 35.9. The van der Waals surface area contributed by atoms with Gasteiger partial charge in [-0.15, -0.1) is 0 Å². The average molecular weight is 241 g/mol. The molecule has 17 heavy (non-hydrogen) atoms. The van der Waals surface area contributed by atoms with Crippen molar-refractivity contribution < 1.29 is 30.0 Å². The minimum Gasteiger partial charge on any atom is -0.481 e. The number of aromatic nitrogens is 1. The van der Waals surface area contributed by atoms with Crippen LogP contribution >= 0.6 is 0 Å². The first-order valence-electron chi connectivity index (χ1n) is 4.69. The monoisotopic (exact) mass is 241 g/mol. The molecule has 7 nitrogen and oxygen atoms in total. The van der Waals surface area contributed by atoms with Gasteiger partial charge in [0.15, 0.2) is 0 Å².